The highest BCUT2D eigenvalue weighted by atomic mass is 79.9. The maximum atomic E-state index is 12.3. The number of benzene rings is 2. The van der Waals surface area contributed by atoms with E-state index in [1.165, 1.54) is 24.3 Å². The zero-order valence-electron chi connectivity index (χ0n) is 10.5. The van der Waals surface area contributed by atoms with Crippen molar-refractivity contribution in [3.8, 4) is 0 Å². The monoisotopic (exact) mass is 404 g/mol. The normalized spacial score (nSPS) is 11.1. The van der Waals surface area contributed by atoms with Crippen LogP contribution in [-0.4, -0.2) is 13.4 Å². The molecule has 0 bridgehead atoms. The standard InChI is InChI=1S/C13H10BrClN2O2S2/c14-9-2-4-10(5-3-9)21(18,19)17-12-7-8(13(16)20)1-6-11(12)15/h1-7,17H,(H2,16,20). The second-order valence-corrected chi connectivity index (χ2v) is 7.56. The van der Waals surface area contributed by atoms with E-state index < -0.39 is 10.0 Å². The van der Waals surface area contributed by atoms with E-state index in [1.807, 2.05) is 0 Å². The SMILES string of the molecule is NC(=S)c1ccc(Cl)c(NS(=O)(=O)c2ccc(Br)cc2)c1. The molecule has 21 heavy (non-hydrogen) atoms. The minimum absolute atomic E-state index is 0.127. The first-order valence-corrected chi connectivity index (χ1v) is 8.73. The van der Waals surface area contributed by atoms with Gasteiger partial charge in [0.05, 0.1) is 15.6 Å². The molecule has 0 atom stereocenters. The third kappa shape index (κ3) is 3.94. The molecule has 0 aliphatic carbocycles. The highest BCUT2D eigenvalue weighted by Gasteiger charge is 2.16. The van der Waals surface area contributed by atoms with E-state index in [1.54, 1.807) is 18.2 Å². The molecule has 2 aromatic carbocycles. The summed E-state index contributed by atoms with van der Waals surface area (Å²) in [6.07, 6.45) is 0. The first kappa shape index (κ1) is 16.2. The molecule has 0 aliphatic rings. The molecule has 0 heterocycles. The lowest BCUT2D eigenvalue weighted by molar-refractivity contribution is 0.601. The fourth-order valence-electron chi connectivity index (χ4n) is 1.57. The van der Waals surface area contributed by atoms with Gasteiger partial charge in [-0.25, -0.2) is 8.42 Å². The van der Waals surface area contributed by atoms with Crippen molar-refractivity contribution in [1.82, 2.24) is 0 Å². The Morgan fingerprint density at radius 1 is 1.19 bits per heavy atom. The summed E-state index contributed by atoms with van der Waals surface area (Å²) in [5, 5.41) is 0.260. The van der Waals surface area contributed by atoms with Gasteiger partial charge < -0.3 is 5.73 Å². The molecule has 4 nitrogen and oxygen atoms in total. The van der Waals surface area contributed by atoms with Gasteiger partial charge in [-0.2, -0.15) is 0 Å². The molecule has 110 valence electrons. The predicted molar refractivity (Wildman–Crippen MR) is 92.3 cm³/mol. The van der Waals surface area contributed by atoms with Crippen LogP contribution < -0.4 is 10.5 Å². The van der Waals surface area contributed by atoms with Crippen LogP contribution in [0.3, 0.4) is 0 Å². The summed E-state index contributed by atoms with van der Waals surface area (Å²) in [7, 11) is -3.73. The number of sulfonamides is 1. The molecule has 0 aromatic heterocycles. The maximum absolute atomic E-state index is 12.3. The van der Waals surface area contributed by atoms with Gasteiger partial charge >= 0.3 is 0 Å². The van der Waals surface area contributed by atoms with Crippen LogP contribution in [0.5, 0.6) is 0 Å². The van der Waals surface area contributed by atoms with Crippen LogP contribution in [0.2, 0.25) is 5.02 Å². The molecule has 0 saturated carbocycles. The summed E-state index contributed by atoms with van der Waals surface area (Å²) in [4.78, 5) is 0.290. The van der Waals surface area contributed by atoms with Gasteiger partial charge in [0.25, 0.3) is 10.0 Å². The van der Waals surface area contributed by atoms with E-state index >= 15 is 0 Å². The van der Waals surface area contributed by atoms with Crippen molar-refractivity contribution in [3.63, 3.8) is 0 Å². The second-order valence-electron chi connectivity index (χ2n) is 4.12. The largest absolute Gasteiger partial charge is 0.389 e. The summed E-state index contributed by atoms with van der Waals surface area (Å²) >= 11 is 14.1. The lowest BCUT2D eigenvalue weighted by atomic mass is 10.2. The summed E-state index contributed by atoms with van der Waals surface area (Å²) in [5.74, 6) is 0. The Bertz CT molecular complexity index is 792. The fourth-order valence-corrected chi connectivity index (χ4v) is 3.26. The lowest BCUT2D eigenvalue weighted by Crippen LogP contribution is -2.15. The molecule has 0 spiro atoms. The number of rotatable bonds is 4. The van der Waals surface area contributed by atoms with Crippen LogP contribution in [0, 0.1) is 0 Å². The molecule has 0 radical (unpaired) electrons. The highest BCUT2D eigenvalue weighted by Crippen LogP contribution is 2.26. The van der Waals surface area contributed by atoms with Gasteiger partial charge in [-0.3, -0.25) is 4.72 Å². The van der Waals surface area contributed by atoms with Crippen LogP contribution in [-0.2, 0) is 10.0 Å². The maximum Gasteiger partial charge on any atom is 0.261 e. The van der Waals surface area contributed by atoms with Gasteiger partial charge in [0.2, 0.25) is 0 Å². The minimum Gasteiger partial charge on any atom is -0.389 e. The first-order valence-electron chi connectivity index (χ1n) is 5.67. The average Bonchev–Trinajstić information content (AvgIpc) is 2.41. The van der Waals surface area contributed by atoms with Crippen molar-refractivity contribution < 1.29 is 8.42 Å². The van der Waals surface area contributed by atoms with Gasteiger partial charge in [-0.05, 0) is 36.4 Å². The van der Waals surface area contributed by atoms with Crippen molar-refractivity contribution in [3.05, 3.63) is 57.5 Å². The lowest BCUT2D eigenvalue weighted by Gasteiger charge is -2.11. The Morgan fingerprint density at radius 3 is 2.38 bits per heavy atom. The number of hydrogen-bond donors (Lipinski definition) is 2. The number of nitrogens with two attached hydrogens (primary N) is 1. The topological polar surface area (TPSA) is 72.2 Å². The molecule has 2 rings (SSSR count). The van der Waals surface area contributed by atoms with E-state index in [9.17, 15) is 8.42 Å². The van der Waals surface area contributed by atoms with Crippen molar-refractivity contribution in [1.29, 1.82) is 0 Å². The Labute approximate surface area is 141 Å². The highest BCUT2D eigenvalue weighted by molar-refractivity contribution is 9.10. The third-order valence-corrected chi connectivity index (χ3v) is 5.09. The summed E-state index contributed by atoms with van der Waals surface area (Å²) < 4.78 is 27.8. The molecule has 0 aliphatic heterocycles. The molecule has 0 saturated heterocycles. The molecule has 0 fully saturated rings. The number of halogens is 2. The molecule has 8 heteroatoms. The third-order valence-electron chi connectivity index (χ3n) is 2.62. The van der Waals surface area contributed by atoms with Crippen LogP contribution >= 0.6 is 39.7 Å². The van der Waals surface area contributed by atoms with Crippen LogP contribution in [0.1, 0.15) is 5.56 Å². The molecule has 0 amide bonds. The Morgan fingerprint density at radius 2 is 1.81 bits per heavy atom. The van der Waals surface area contributed by atoms with Crippen LogP contribution in [0.25, 0.3) is 0 Å². The number of thiocarbonyl (C=S) groups is 1. The molecular formula is C13H10BrClN2O2S2. The van der Waals surface area contributed by atoms with Gasteiger partial charge in [0.15, 0.2) is 0 Å². The van der Waals surface area contributed by atoms with E-state index in [2.05, 4.69) is 20.7 Å². The van der Waals surface area contributed by atoms with Crippen molar-refractivity contribution in [2.24, 2.45) is 5.73 Å². The Balaban J connectivity index is 2.38. The fraction of sp³-hybridized carbons (Fsp3) is 0. The van der Waals surface area contributed by atoms with Crippen LogP contribution in [0.15, 0.2) is 51.8 Å². The zero-order chi connectivity index (χ0) is 15.6. The van der Waals surface area contributed by atoms with E-state index in [0.717, 1.165) is 4.47 Å². The smallest absolute Gasteiger partial charge is 0.261 e. The van der Waals surface area contributed by atoms with Crippen LogP contribution in [0.4, 0.5) is 5.69 Å². The zero-order valence-corrected chi connectivity index (χ0v) is 14.5. The van der Waals surface area contributed by atoms with Crippen molar-refractivity contribution in [2.75, 3.05) is 4.72 Å². The summed E-state index contributed by atoms with van der Waals surface area (Å²) in [6, 6.07) is 10.9. The summed E-state index contributed by atoms with van der Waals surface area (Å²) in [5.41, 5.74) is 6.29. The molecular weight excluding hydrogens is 396 g/mol. The Hall–Kier alpha value is -1.15. The quantitative estimate of drug-likeness (QED) is 0.763. The van der Waals surface area contributed by atoms with Gasteiger partial charge in [0.1, 0.15) is 4.99 Å². The van der Waals surface area contributed by atoms with E-state index in [4.69, 9.17) is 29.6 Å². The molecule has 2 aromatic rings. The Kier molecular flexibility index (Phi) is 4.88. The van der Waals surface area contributed by atoms with E-state index in [0.29, 0.717) is 5.56 Å². The van der Waals surface area contributed by atoms with Gasteiger partial charge in [-0.15, -0.1) is 0 Å². The predicted octanol–water partition coefficient (Wildman–Crippen LogP) is 3.54. The number of nitrogens with one attached hydrogen (secondary N) is 1. The number of anilines is 1. The average molecular weight is 406 g/mol. The van der Waals surface area contributed by atoms with Crippen molar-refractivity contribution >= 4 is 60.4 Å². The minimum atomic E-state index is -3.73. The first-order chi connectivity index (χ1) is 9.79. The molecule has 0 unspecified atom stereocenters. The van der Waals surface area contributed by atoms with Crippen molar-refractivity contribution in [2.45, 2.75) is 4.90 Å². The van der Waals surface area contributed by atoms with Gasteiger partial charge in [0, 0.05) is 10.0 Å². The van der Waals surface area contributed by atoms with E-state index in [-0.39, 0.29) is 20.6 Å². The second kappa shape index (κ2) is 6.31. The molecule has 3 N–H and O–H groups in total. The van der Waals surface area contributed by atoms with Gasteiger partial charge in [-0.1, -0.05) is 45.8 Å². The number of hydrogen-bond acceptors (Lipinski definition) is 3. The summed E-state index contributed by atoms with van der Waals surface area (Å²) in [6.45, 7) is 0.